The van der Waals surface area contributed by atoms with Crippen molar-refractivity contribution in [3.05, 3.63) is 0 Å². The lowest BCUT2D eigenvalue weighted by atomic mass is 10.1. The zero-order chi connectivity index (χ0) is 12.5. The van der Waals surface area contributed by atoms with Crippen LogP contribution in [0.4, 0.5) is 0 Å². The first kappa shape index (κ1) is 14.9. The van der Waals surface area contributed by atoms with Crippen LogP contribution in [0.25, 0.3) is 0 Å². The number of nitrogens with one attached hydrogen (secondary N) is 2. The number of hydrogen-bond donors (Lipinski definition) is 2. The quantitative estimate of drug-likeness (QED) is 0.666. The molecule has 17 heavy (non-hydrogen) atoms. The van der Waals surface area contributed by atoms with E-state index < -0.39 is 0 Å². The molecule has 1 fully saturated rings. The highest BCUT2D eigenvalue weighted by atomic mass is 15.1. The van der Waals surface area contributed by atoms with Gasteiger partial charge in [0, 0.05) is 12.1 Å². The Morgan fingerprint density at radius 2 is 2.06 bits per heavy atom. The number of hydrogen-bond acceptors (Lipinski definition) is 3. The largest absolute Gasteiger partial charge is 0.317 e. The Hall–Kier alpha value is -0.120. The first-order valence-corrected chi connectivity index (χ1v) is 7.34. The van der Waals surface area contributed by atoms with Crippen LogP contribution in [-0.2, 0) is 0 Å². The second-order valence-electron chi connectivity index (χ2n) is 5.61. The lowest BCUT2D eigenvalue weighted by Crippen LogP contribution is -2.32. The van der Waals surface area contributed by atoms with Gasteiger partial charge >= 0.3 is 0 Å². The molecule has 1 rings (SSSR count). The third kappa shape index (κ3) is 7.02. The Morgan fingerprint density at radius 3 is 2.82 bits per heavy atom. The molecule has 1 saturated heterocycles. The average Bonchev–Trinajstić information content (AvgIpc) is 2.56. The maximum atomic E-state index is 3.71. The summed E-state index contributed by atoms with van der Waals surface area (Å²) < 4.78 is 0. The Morgan fingerprint density at radius 1 is 1.24 bits per heavy atom. The van der Waals surface area contributed by atoms with Gasteiger partial charge in [-0.25, -0.2) is 0 Å². The van der Waals surface area contributed by atoms with Gasteiger partial charge in [-0.05, 0) is 79.2 Å². The molecule has 0 aromatic heterocycles. The van der Waals surface area contributed by atoms with Crippen LogP contribution < -0.4 is 10.6 Å². The minimum atomic E-state index is 0.677. The molecule has 0 amide bonds. The summed E-state index contributed by atoms with van der Waals surface area (Å²) in [5.74, 6) is 0. The highest BCUT2D eigenvalue weighted by Gasteiger charge is 2.10. The summed E-state index contributed by atoms with van der Waals surface area (Å²) in [7, 11) is 2.22. The zero-order valence-corrected chi connectivity index (χ0v) is 12.0. The standard InChI is InChI=1S/C14H31N3/c1-13(2)17(3)12-5-4-10-16-14-7-6-9-15-11-8-14/h13-16H,4-12H2,1-3H3. The monoisotopic (exact) mass is 241 g/mol. The van der Waals surface area contributed by atoms with Crippen molar-refractivity contribution < 1.29 is 0 Å². The van der Waals surface area contributed by atoms with Gasteiger partial charge in [0.25, 0.3) is 0 Å². The molecule has 0 aromatic rings. The molecule has 102 valence electrons. The van der Waals surface area contributed by atoms with E-state index in [9.17, 15) is 0 Å². The normalized spacial score (nSPS) is 22.1. The minimum Gasteiger partial charge on any atom is -0.317 e. The lowest BCUT2D eigenvalue weighted by Gasteiger charge is -2.21. The van der Waals surface area contributed by atoms with Crippen molar-refractivity contribution in [1.29, 1.82) is 0 Å². The summed E-state index contributed by atoms with van der Waals surface area (Å²) in [4.78, 5) is 2.43. The maximum Gasteiger partial charge on any atom is 0.00796 e. The van der Waals surface area contributed by atoms with Crippen LogP contribution in [0.3, 0.4) is 0 Å². The van der Waals surface area contributed by atoms with E-state index in [0.29, 0.717) is 6.04 Å². The van der Waals surface area contributed by atoms with Crippen molar-refractivity contribution in [2.24, 2.45) is 0 Å². The van der Waals surface area contributed by atoms with E-state index in [2.05, 4.69) is 36.4 Å². The maximum absolute atomic E-state index is 3.71. The van der Waals surface area contributed by atoms with E-state index in [1.54, 1.807) is 0 Å². The predicted molar refractivity (Wildman–Crippen MR) is 75.5 cm³/mol. The Kier molecular flexibility index (Phi) is 7.82. The summed E-state index contributed by atoms with van der Waals surface area (Å²) >= 11 is 0. The minimum absolute atomic E-state index is 0.677. The first-order valence-electron chi connectivity index (χ1n) is 7.34. The average molecular weight is 241 g/mol. The highest BCUT2D eigenvalue weighted by Crippen LogP contribution is 2.05. The molecular weight excluding hydrogens is 210 g/mol. The highest BCUT2D eigenvalue weighted by molar-refractivity contribution is 4.72. The van der Waals surface area contributed by atoms with Crippen LogP contribution in [0.1, 0.15) is 46.0 Å². The SMILES string of the molecule is CC(C)N(C)CCCCNC1CCCNCC1. The van der Waals surface area contributed by atoms with Crippen LogP contribution in [0, 0.1) is 0 Å². The van der Waals surface area contributed by atoms with Crippen LogP contribution in [0.2, 0.25) is 0 Å². The van der Waals surface area contributed by atoms with E-state index in [0.717, 1.165) is 6.04 Å². The molecule has 0 radical (unpaired) electrons. The first-order chi connectivity index (χ1) is 8.20. The Bertz CT molecular complexity index is 174. The molecule has 0 saturated carbocycles. The van der Waals surface area contributed by atoms with Gasteiger partial charge < -0.3 is 15.5 Å². The molecule has 0 bridgehead atoms. The molecular formula is C14H31N3. The van der Waals surface area contributed by atoms with E-state index >= 15 is 0 Å². The molecule has 1 aliphatic heterocycles. The molecule has 1 unspecified atom stereocenters. The van der Waals surface area contributed by atoms with Crippen molar-refractivity contribution in [3.63, 3.8) is 0 Å². The van der Waals surface area contributed by atoms with Crippen molar-refractivity contribution in [2.75, 3.05) is 33.2 Å². The van der Waals surface area contributed by atoms with Gasteiger partial charge in [0.05, 0.1) is 0 Å². The molecule has 0 aromatic carbocycles. The van der Waals surface area contributed by atoms with Gasteiger partial charge in [0.1, 0.15) is 0 Å². The molecule has 0 spiro atoms. The summed E-state index contributed by atoms with van der Waals surface area (Å²) in [6, 6.07) is 1.43. The predicted octanol–water partition coefficient (Wildman–Crippen LogP) is 1.84. The molecule has 2 N–H and O–H groups in total. The fourth-order valence-electron chi connectivity index (χ4n) is 2.27. The van der Waals surface area contributed by atoms with Crippen molar-refractivity contribution in [3.8, 4) is 0 Å². The van der Waals surface area contributed by atoms with Crippen LogP contribution in [0.15, 0.2) is 0 Å². The summed E-state index contributed by atoms with van der Waals surface area (Å²) in [6.07, 6.45) is 6.59. The third-order valence-corrected chi connectivity index (χ3v) is 3.83. The molecule has 3 heteroatoms. The van der Waals surface area contributed by atoms with Gasteiger partial charge in [-0.15, -0.1) is 0 Å². The van der Waals surface area contributed by atoms with Crippen LogP contribution in [0.5, 0.6) is 0 Å². The van der Waals surface area contributed by atoms with E-state index in [-0.39, 0.29) is 0 Å². The Balaban J connectivity index is 1.96. The zero-order valence-electron chi connectivity index (χ0n) is 12.0. The molecule has 1 atom stereocenters. The van der Waals surface area contributed by atoms with Crippen LogP contribution in [-0.4, -0.2) is 50.2 Å². The fraction of sp³-hybridized carbons (Fsp3) is 1.00. The van der Waals surface area contributed by atoms with Gasteiger partial charge in [-0.1, -0.05) is 0 Å². The van der Waals surface area contributed by atoms with Crippen molar-refractivity contribution >= 4 is 0 Å². The van der Waals surface area contributed by atoms with Gasteiger partial charge in [-0.3, -0.25) is 0 Å². The molecule has 0 aliphatic carbocycles. The third-order valence-electron chi connectivity index (χ3n) is 3.83. The summed E-state index contributed by atoms with van der Waals surface area (Å²) in [5.41, 5.74) is 0. The number of nitrogens with zero attached hydrogens (tertiary/aromatic N) is 1. The number of unbranched alkanes of at least 4 members (excludes halogenated alkanes) is 1. The smallest absolute Gasteiger partial charge is 0.00796 e. The molecule has 3 nitrogen and oxygen atoms in total. The van der Waals surface area contributed by atoms with Crippen molar-refractivity contribution in [1.82, 2.24) is 15.5 Å². The van der Waals surface area contributed by atoms with Crippen LogP contribution >= 0.6 is 0 Å². The van der Waals surface area contributed by atoms with Crippen molar-refractivity contribution in [2.45, 2.75) is 58.0 Å². The Labute approximate surface area is 107 Å². The second kappa shape index (κ2) is 8.90. The fourth-order valence-corrected chi connectivity index (χ4v) is 2.27. The molecule has 1 heterocycles. The molecule has 1 aliphatic rings. The van der Waals surface area contributed by atoms with Gasteiger partial charge in [0.15, 0.2) is 0 Å². The summed E-state index contributed by atoms with van der Waals surface area (Å²) in [5, 5.41) is 7.17. The van der Waals surface area contributed by atoms with E-state index in [1.165, 1.54) is 58.3 Å². The number of rotatable bonds is 7. The lowest BCUT2D eigenvalue weighted by molar-refractivity contribution is 0.267. The topological polar surface area (TPSA) is 27.3 Å². The summed E-state index contributed by atoms with van der Waals surface area (Å²) in [6.45, 7) is 9.33. The van der Waals surface area contributed by atoms with Gasteiger partial charge in [0.2, 0.25) is 0 Å². The van der Waals surface area contributed by atoms with Gasteiger partial charge in [-0.2, -0.15) is 0 Å². The van der Waals surface area contributed by atoms with E-state index in [4.69, 9.17) is 0 Å². The van der Waals surface area contributed by atoms with E-state index in [1.807, 2.05) is 0 Å². The second-order valence-corrected chi connectivity index (χ2v) is 5.61.